The molecule has 0 spiro atoms. The maximum absolute atomic E-state index is 12.1. The van der Waals surface area contributed by atoms with Gasteiger partial charge in [0.15, 0.2) is 0 Å². The number of nitrogens with zero attached hydrogens (tertiary/aromatic N) is 5. The van der Waals surface area contributed by atoms with Gasteiger partial charge in [0.25, 0.3) is 0 Å². The lowest BCUT2D eigenvalue weighted by atomic mass is 10.2. The maximum Gasteiger partial charge on any atom is 0.317 e. The van der Waals surface area contributed by atoms with Crippen LogP contribution < -0.4 is 5.32 Å². The van der Waals surface area contributed by atoms with E-state index in [0.717, 1.165) is 23.5 Å². The third-order valence-corrected chi connectivity index (χ3v) is 3.71. The summed E-state index contributed by atoms with van der Waals surface area (Å²) in [6.07, 6.45) is 3.68. The minimum absolute atomic E-state index is 0.0749. The van der Waals surface area contributed by atoms with Crippen molar-refractivity contribution in [1.82, 2.24) is 29.8 Å². The van der Waals surface area contributed by atoms with Gasteiger partial charge in [0.2, 0.25) is 0 Å². The van der Waals surface area contributed by atoms with Crippen molar-refractivity contribution in [2.24, 2.45) is 13.0 Å². The highest BCUT2D eigenvalue weighted by atomic mass is 16.2. The molecule has 7 nitrogen and oxygen atoms in total. The van der Waals surface area contributed by atoms with Crippen LogP contribution in [0.1, 0.15) is 23.9 Å². The van der Waals surface area contributed by atoms with Gasteiger partial charge >= 0.3 is 6.03 Å². The summed E-state index contributed by atoms with van der Waals surface area (Å²) in [5.74, 6) is 0.309. The van der Waals surface area contributed by atoms with Crippen molar-refractivity contribution in [3.05, 3.63) is 35.4 Å². The molecule has 23 heavy (non-hydrogen) atoms. The highest BCUT2D eigenvalue weighted by molar-refractivity contribution is 5.73. The number of urea groups is 1. The number of hydrogen-bond donors (Lipinski definition) is 1. The van der Waals surface area contributed by atoms with E-state index in [-0.39, 0.29) is 6.03 Å². The zero-order chi connectivity index (χ0) is 17.0. The van der Waals surface area contributed by atoms with E-state index < -0.39 is 0 Å². The van der Waals surface area contributed by atoms with E-state index in [4.69, 9.17) is 0 Å². The Balaban J connectivity index is 1.77. The molecule has 1 atom stereocenters. The van der Waals surface area contributed by atoms with Gasteiger partial charge in [0.1, 0.15) is 0 Å². The molecule has 126 valence electrons. The summed E-state index contributed by atoms with van der Waals surface area (Å²) in [4.78, 5) is 13.8. The predicted octanol–water partition coefficient (Wildman–Crippen LogP) is 1.71. The second kappa shape index (κ2) is 7.30. The molecule has 0 radical (unpaired) electrons. The molecule has 0 fully saturated rings. The van der Waals surface area contributed by atoms with Crippen molar-refractivity contribution >= 4 is 6.03 Å². The van der Waals surface area contributed by atoms with Crippen molar-refractivity contribution in [3.8, 4) is 0 Å². The SMILES string of the molecule is Cc1cc(C)n(C[C@H](C)CNC(=O)N(C)Cc2cnn(C)c2)n1. The van der Waals surface area contributed by atoms with Crippen LogP contribution in [0.2, 0.25) is 0 Å². The number of amides is 2. The van der Waals surface area contributed by atoms with Crippen LogP contribution >= 0.6 is 0 Å². The Labute approximate surface area is 137 Å². The van der Waals surface area contributed by atoms with Gasteiger partial charge in [-0.25, -0.2) is 4.79 Å². The van der Waals surface area contributed by atoms with Gasteiger partial charge in [-0.15, -0.1) is 0 Å². The van der Waals surface area contributed by atoms with E-state index in [1.807, 2.05) is 31.8 Å². The van der Waals surface area contributed by atoms with Crippen LogP contribution in [-0.2, 0) is 20.1 Å². The number of aromatic nitrogens is 4. The topological polar surface area (TPSA) is 68.0 Å². The van der Waals surface area contributed by atoms with E-state index >= 15 is 0 Å². The van der Waals surface area contributed by atoms with Crippen LogP contribution in [0.15, 0.2) is 18.5 Å². The Morgan fingerprint density at radius 2 is 2.17 bits per heavy atom. The molecule has 1 N–H and O–H groups in total. The standard InChI is InChI=1S/C16H26N6O/c1-12(9-22-14(3)6-13(2)19-22)7-17-16(23)20(4)10-15-8-18-21(5)11-15/h6,8,11-12H,7,9-10H2,1-5H3,(H,17,23)/t12-/m1/s1. The van der Waals surface area contributed by atoms with Crippen molar-refractivity contribution in [2.75, 3.05) is 13.6 Å². The van der Waals surface area contributed by atoms with E-state index in [2.05, 4.69) is 28.5 Å². The number of carbonyl (C=O) groups is 1. The summed E-state index contributed by atoms with van der Waals surface area (Å²) in [6.45, 7) is 8.11. The molecule has 2 rings (SSSR count). The van der Waals surface area contributed by atoms with Crippen LogP contribution in [0.5, 0.6) is 0 Å². The average molecular weight is 318 g/mol. The van der Waals surface area contributed by atoms with Crippen LogP contribution in [0.4, 0.5) is 4.79 Å². The third kappa shape index (κ3) is 4.84. The molecule has 2 aromatic heterocycles. The Morgan fingerprint density at radius 3 is 2.74 bits per heavy atom. The number of hydrogen-bond acceptors (Lipinski definition) is 3. The Kier molecular flexibility index (Phi) is 5.41. The molecular weight excluding hydrogens is 292 g/mol. The number of rotatable bonds is 6. The van der Waals surface area contributed by atoms with Crippen LogP contribution in [0.3, 0.4) is 0 Å². The highest BCUT2D eigenvalue weighted by Gasteiger charge is 2.12. The molecule has 0 unspecified atom stereocenters. The average Bonchev–Trinajstić information content (AvgIpc) is 3.01. The van der Waals surface area contributed by atoms with Gasteiger partial charge < -0.3 is 10.2 Å². The quantitative estimate of drug-likeness (QED) is 0.881. The lowest BCUT2D eigenvalue weighted by molar-refractivity contribution is 0.204. The molecule has 7 heteroatoms. The van der Waals surface area contributed by atoms with Crippen LogP contribution in [-0.4, -0.2) is 44.1 Å². The molecule has 0 aromatic carbocycles. The van der Waals surface area contributed by atoms with E-state index in [9.17, 15) is 4.79 Å². The zero-order valence-electron chi connectivity index (χ0n) is 14.6. The molecule has 0 bridgehead atoms. The summed E-state index contributed by atoms with van der Waals surface area (Å²) in [5, 5.41) is 11.5. The fraction of sp³-hybridized carbons (Fsp3) is 0.562. The maximum atomic E-state index is 12.1. The van der Waals surface area contributed by atoms with E-state index in [1.165, 1.54) is 0 Å². The van der Waals surface area contributed by atoms with Crippen molar-refractivity contribution < 1.29 is 4.79 Å². The molecule has 0 saturated heterocycles. The largest absolute Gasteiger partial charge is 0.338 e. The van der Waals surface area contributed by atoms with Gasteiger partial charge in [0.05, 0.1) is 18.4 Å². The van der Waals surface area contributed by atoms with Crippen molar-refractivity contribution in [2.45, 2.75) is 33.9 Å². The Bertz CT molecular complexity index is 659. The number of carbonyl (C=O) groups excluding carboxylic acids is 1. The normalized spacial score (nSPS) is 12.2. The summed E-state index contributed by atoms with van der Waals surface area (Å²) in [6, 6.07) is 1.99. The second-order valence-electron chi connectivity index (χ2n) is 6.28. The molecule has 0 saturated carbocycles. The van der Waals surface area contributed by atoms with E-state index in [0.29, 0.717) is 19.0 Å². The molecular formula is C16H26N6O. The summed E-state index contributed by atoms with van der Waals surface area (Å²) < 4.78 is 3.73. The van der Waals surface area contributed by atoms with Crippen LogP contribution in [0, 0.1) is 19.8 Å². The minimum Gasteiger partial charge on any atom is -0.338 e. The summed E-state index contributed by atoms with van der Waals surface area (Å²) >= 11 is 0. The van der Waals surface area contributed by atoms with Gasteiger partial charge in [-0.2, -0.15) is 10.2 Å². The molecule has 0 aliphatic carbocycles. The second-order valence-corrected chi connectivity index (χ2v) is 6.28. The fourth-order valence-electron chi connectivity index (χ4n) is 2.52. The lowest BCUT2D eigenvalue weighted by Crippen LogP contribution is -2.39. The van der Waals surface area contributed by atoms with Gasteiger partial charge in [-0.1, -0.05) is 6.92 Å². The van der Waals surface area contributed by atoms with E-state index in [1.54, 1.807) is 22.8 Å². The van der Waals surface area contributed by atoms with Crippen molar-refractivity contribution in [1.29, 1.82) is 0 Å². The minimum atomic E-state index is -0.0749. The Morgan fingerprint density at radius 1 is 1.43 bits per heavy atom. The monoisotopic (exact) mass is 318 g/mol. The first-order chi connectivity index (χ1) is 10.8. The summed E-state index contributed by atoms with van der Waals surface area (Å²) in [7, 11) is 3.65. The van der Waals surface area contributed by atoms with Crippen molar-refractivity contribution in [3.63, 3.8) is 0 Å². The first-order valence-corrected chi connectivity index (χ1v) is 7.82. The summed E-state index contributed by atoms with van der Waals surface area (Å²) in [5.41, 5.74) is 3.19. The predicted molar refractivity (Wildman–Crippen MR) is 88.9 cm³/mol. The van der Waals surface area contributed by atoms with Gasteiger partial charge in [0, 0.05) is 44.6 Å². The number of aryl methyl sites for hydroxylation is 3. The fourth-order valence-corrected chi connectivity index (χ4v) is 2.52. The zero-order valence-corrected chi connectivity index (χ0v) is 14.6. The molecule has 0 aliphatic rings. The van der Waals surface area contributed by atoms with Crippen LogP contribution in [0.25, 0.3) is 0 Å². The smallest absolute Gasteiger partial charge is 0.317 e. The Hall–Kier alpha value is -2.31. The molecule has 2 amide bonds. The molecule has 2 heterocycles. The third-order valence-electron chi connectivity index (χ3n) is 3.71. The first kappa shape index (κ1) is 17.1. The van der Waals surface area contributed by atoms with Gasteiger partial charge in [-0.3, -0.25) is 9.36 Å². The first-order valence-electron chi connectivity index (χ1n) is 7.82. The molecule has 2 aromatic rings. The van der Waals surface area contributed by atoms with Gasteiger partial charge in [-0.05, 0) is 25.8 Å². The number of nitrogens with one attached hydrogen (secondary N) is 1. The molecule has 0 aliphatic heterocycles. The lowest BCUT2D eigenvalue weighted by Gasteiger charge is -2.19. The highest BCUT2D eigenvalue weighted by Crippen LogP contribution is 2.06.